The largest absolute Gasteiger partial charge is 0.481 e. The Labute approximate surface area is 162 Å². The molecule has 2 aromatic rings. The number of aliphatic carboxylic acids is 1. The third-order valence-electron chi connectivity index (χ3n) is 5.15. The number of piperidine rings is 1. The summed E-state index contributed by atoms with van der Waals surface area (Å²) in [6.07, 6.45) is 2.94. The first-order chi connectivity index (χ1) is 13.4. The van der Waals surface area contributed by atoms with Crippen LogP contribution in [-0.2, 0) is 11.3 Å². The number of carbonyl (C=O) groups is 1. The van der Waals surface area contributed by atoms with Gasteiger partial charge in [0, 0.05) is 19.2 Å². The van der Waals surface area contributed by atoms with Gasteiger partial charge in [0.05, 0.1) is 16.7 Å². The van der Waals surface area contributed by atoms with E-state index in [-0.39, 0.29) is 5.75 Å². The van der Waals surface area contributed by atoms with Crippen molar-refractivity contribution in [3.63, 3.8) is 0 Å². The van der Waals surface area contributed by atoms with Crippen LogP contribution >= 0.6 is 0 Å². The molecule has 1 aromatic carbocycles. The van der Waals surface area contributed by atoms with Crippen LogP contribution in [0.5, 0.6) is 5.75 Å². The van der Waals surface area contributed by atoms with E-state index in [9.17, 15) is 18.7 Å². The summed E-state index contributed by atoms with van der Waals surface area (Å²) in [6.45, 7) is 0.752. The second kappa shape index (κ2) is 8.68. The van der Waals surface area contributed by atoms with Crippen molar-refractivity contribution in [3.05, 3.63) is 36.0 Å². The zero-order chi connectivity index (χ0) is 20.1. The summed E-state index contributed by atoms with van der Waals surface area (Å²) in [6, 6.07) is 8.06. The molecule has 0 unspecified atom stereocenters. The van der Waals surface area contributed by atoms with Crippen LogP contribution in [0.1, 0.15) is 38.3 Å². The molecule has 0 aliphatic carbocycles. The molecule has 0 spiro atoms. The number of ether oxygens (including phenoxy) is 1. The van der Waals surface area contributed by atoms with Crippen LogP contribution in [0.4, 0.5) is 8.78 Å². The quantitative estimate of drug-likeness (QED) is 0.715. The van der Waals surface area contributed by atoms with E-state index < -0.39 is 18.0 Å². The van der Waals surface area contributed by atoms with Crippen LogP contribution in [0.15, 0.2) is 34.9 Å². The normalized spacial score (nSPS) is 20.4. The van der Waals surface area contributed by atoms with Crippen molar-refractivity contribution < 1.29 is 27.9 Å². The Morgan fingerprint density at radius 2 is 2.21 bits per heavy atom. The van der Waals surface area contributed by atoms with Crippen LogP contribution in [-0.4, -0.2) is 40.8 Å². The Bertz CT molecular complexity index is 807. The lowest BCUT2D eigenvalue weighted by atomic mass is 9.76. The highest BCUT2D eigenvalue weighted by Gasteiger charge is 2.41. The first-order valence-electron chi connectivity index (χ1n) is 9.39. The van der Waals surface area contributed by atoms with Gasteiger partial charge in [0.15, 0.2) is 5.76 Å². The van der Waals surface area contributed by atoms with Gasteiger partial charge < -0.3 is 14.4 Å². The molecule has 0 saturated carbocycles. The monoisotopic (exact) mass is 394 g/mol. The number of halogens is 2. The first kappa shape index (κ1) is 20.3. The van der Waals surface area contributed by atoms with Crippen molar-refractivity contribution in [3.8, 4) is 17.1 Å². The molecule has 28 heavy (non-hydrogen) atoms. The molecule has 1 N–H and O–H groups in total. The van der Waals surface area contributed by atoms with E-state index in [0.29, 0.717) is 42.9 Å². The summed E-state index contributed by atoms with van der Waals surface area (Å²) in [5.41, 5.74) is 0.294. The fourth-order valence-electron chi connectivity index (χ4n) is 3.94. The Kier molecular flexibility index (Phi) is 6.28. The van der Waals surface area contributed by atoms with Gasteiger partial charge in [-0.05, 0) is 37.9 Å². The average molecular weight is 394 g/mol. The van der Waals surface area contributed by atoms with Crippen LogP contribution < -0.4 is 4.74 Å². The first-order valence-corrected chi connectivity index (χ1v) is 9.39. The number of aromatic nitrogens is 1. The van der Waals surface area contributed by atoms with Crippen LogP contribution in [0.2, 0.25) is 0 Å². The summed E-state index contributed by atoms with van der Waals surface area (Å²) in [7, 11) is 0. The molecular formula is C20H24F2N2O4. The smallest absolute Gasteiger partial charge is 0.387 e. The molecule has 1 fully saturated rings. The molecular weight excluding hydrogens is 370 g/mol. The third kappa shape index (κ3) is 4.49. The number of carboxylic acids is 1. The van der Waals surface area contributed by atoms with E-state index in [1.165, 1.54) is 6.07 Å². The van der Waals surface area contributed by atoms with Gasteiger partial charge in [0.2, 0.25) is 0 Å². The number of carboxylic acid groups (broad SMARTS) is 1. The number of likely N-dealkylation sites (tertiary alicyclic amines) is 1. The minimum atomic E-state index is -2.93. The Morgan fingerprint density at radius 1 is 1.43 bits per heavy atom. The molecule has 1 aromatic heterocycles. The number of nitrogens with zero attached hydrogens (tertiary/aromatic N) is 2. The fraction of sp³-hybridized carbons (Fsp3) is 0.500. The van der Waals surface area contributed by atoms with E-state index in [1.807, 2.05) is 6.92 Å². The van der Waals surface area contributed by atoms with Crippen molar-refractivity contribution >= 4 is 5.97 Å². The van der Waals surface area contributed by atoms with Crippen molar-refractivity contribution in [2.24, 2.45) is 5.41 Å². The predicted octanol–water partition coefficient (Wildman–Crippen LogP) is 4.41. The maximum absolute atomic E-state index is 12.6. The Morgan fingerprint density at radius 3 is 2.93 bits per heavy atom. The number of hydrogen-bond acceptors (Lipinski definition) is 5. The Balaban J connectivity index is 1.74. The average Bonchev–Trinajstić information content (AvgIpc) is 3.10. The Hall–Kier alpha value is -2.48. The van der Waals surface area contributed by atoms with Gasteiger partial charge in [0.1, 0.15) is 5.75 Å². The molecule has 0 bridgehead atoms. The van der Waals surface area contributed by atoms with Gasteiger partial charge in [-0.15, -0.1) is 0 Å². The fourth-order valence-corrected chi connectivity index (χ4v) is 3.94. The minimum absolute atomic E-state index is 0.0195. The third-order valence-corrected chi connectivity index (χ3v) is 5.15. The SMILES string of the molecule is CCC[C@@]1(C(=O)O)CCCN(Cc2cc(-c3ccccc3OC(F)F)on2)C1. The molecule has 8 heteroatoms. The van der Waals surface area contributed by atoms with Crippen LogP contribution in [0.25, 0.3) is 11.3 Å². The summed E-state index contributed by atoms with van der Waals surface area (Å²) in [4.78, 5) is 13.9. The lowest BCUT2D eigenvalue weighted by molar-refractivity contribution is -0.153. The van der Waals surface area contributed by atoms with Gasteiger partial charge in [-0.25, -0.2) is 0 Å². The van der Waals surface area contributed by atoms with Crippen LogP contribution in [0, 0.1) is 5.41 Å². The molecule has 3 rings (SSSR count). The number of hydrogen-bond donors (Lipinski definition) is 1. The highest BCUT2D eigenvalue weighted by molar-refractivity contribution is 5.75. The molecule has 152 valence electrons. The summed E-state index contributed by atoms with van der Waals surface area (Å²) >= 11 is 0. The number of alkyl halides is 2. The van der Waals surface area contributed by atoms with Crippen molar-refractivity contribution in [2.45, 2.75) is 45.8 Å². The number of benzene rings is 1. The minimum Gasteiger partial charge on any atom is -0.481 e. The molecule has 6 nitrogen and oxygen atoms in total. The highest BCUT2D eigenvalue weighted by atomic mass is 19.3. The molecule has 0 amide bonds. The second-order valence-corrected chi connectivity index (χ2v) is 7.21. The molecule has 1 aliphatic heterocycles. The van der Waals surface area contributed by atoms with E-state index in [1.54, 1.807) is 24.3 Å². The summed E-state index contributed by atoms with van der Waals surface area (Å²) < 4.78 is 35.1. The van der Waals surface area contributed by atoms with Crippen molar-refractivity contribution in [1.82, 2.24) is 10.1 Å². The lowest BCUT2D eigenvalue weighted by Crippen LogP contribution is -2.47. The van der Waals surface area contributed by atoms with Crippen molar-refractivity contribution in [2.75, 3.05) is 13.1 Å². The van der Waals surface area contributed by atoms with Gasteiger partial charge in [0.25, 0.3) is 0 Å². The standard InChI is InChI=1S/C20H24F2N2O4/c1-2-8-20(18(25)26)9-5-10-24(13-20)12-14-11-17(28-23-14)15-6-3-4-7-16(15)27-19(21)22/h3-4,6-7,11,19H,2,5,8-10,12-13H2,1H3,(H,25,26)/t20-/m1/s1. The van der Waals surface area contributed by atoms with E-state index in [2.05, 4.69) is 14.8 Å². The molecule has 1 atom stereocenters. The van der Waals surface area contributed by atoms with Crippen molar-refractivity contribution in [1.29, 1.82) is 0 Å². The predicted molar refractivity (Wildman–Crippen MR) is 98.1 cm³/mol. The highest BCUT2D eigenvalue weighted by Crippen LogP contribution is 2.36. The molecule has 0 radical (unpaired) electrons. The van der Waals surface area contributed by atoms with Gasteiger partial charge in [-0.1, -0.05) is 30.6 Å². The van der Waals surface area contributed by atoms with E-state index in [4.69, 9.17) is 4.52 Å². The molecule has 2 heterocycles. The molecule has 1 aliphatic rings. The van der Waals surface area contributed by atoms with Gasteiger partial charge in [-0.3, -0.25) is 9.69 Å². The summed E-state index contributed by atoms with van der Waals surface area (Å²) in [5.74, 6) is -0.398. The van der Waals surface area contributed by atoms with Gasteiger partial charge in [-0.2, -0.15) is 8.78 Å². The number of para-hydroxylation sites is 1. The van der Waals surface area contributed by atoms with E-state index in [0.717, 1.165) is 19.4 Å². The lowest BCUT2D eigenvalue weighted by Gasteiger charge is -2.39. The number of rotatable bonds is 8. The van der Waals surface area contributed by atoms with E-state index >= 15 is 0 Å². The zero-order valence-electron chi connectivity index (χ0n) is 15.7. The second-order valence-electron chi connectivity index (χ2n) is 7.21. The zero-order valence-corrected chi connectivity index (χ0v) is 15.7. The maximum atomic E-state index is 12.6. The topological polar surface area (TPSA) is 75.8 Å². The van der Waals surface area contributed by atoms with Crippen LogP contribution in [0.3, 0.4) is 0 Å². The van der Waals surface area contributed by atoms with Gasteiger partial charge >= 0.3 is 12.6 Å². The molecule has 1 saturated heterocycles. The summed E-state index contributed by atoms with van der Waals surface area (Å²) in [5, 5.41) is 13.8. The maximum Gasteiger partial charge on any atom is 0.387 e.